The monoisotopic (exact) mass is 252 g/mol. The van der Waals surface area contributed by atoms with Crippen molar-refractivity contribution in [2.75, 3.05) is 6.54 Å². The molecule has 1 unspecified atom stereocenters. The van der Waals surface area contributed by atoms with Gasteiger partial charge in [-0.15, -0.1) is 22.7 Å². The molecule has 4 heteroatoms. The lowest BCUT2D eigenvalue weighted by Gasteiger charge is -2.14. The van der Waals surface area contributed by atoms with Crippen LogP contribution in [-0.2, 0) is 0 Å². The van der Waals surface area contributed by atoms with Crippen molar-refractivity contribution in [1.29, 1.82) is 0 Å². The van der Waals surface area contributed by atoms with Crippen LogP contribution in [-0.4, -0.2) is 11.5 Å². The zero-order valence-electron chi connectivity index (χ0n) is 9.78. The third kappa shape index (κ3) is 2.51. The van der Waals surface area contributed by atoms with Crippen LogP contribution in [0.3, 0.4) is 0 Å². The van der Waals surface area contributed by atoms with Crippen molar-refractivity contribution in [2.45, 2.75) is 26.8 Å². The van der Waals surface area contributed by atoms with Gasteiger partial charge < -0.3 is 5.32 Å². The standard InChI is InChI=1S/C12H16N2S2/c1-4-13-12(10-5-8(2)15-7-10)11-6-14-9(3)16-11/h5-7,12-13H,4H2,1-3H3. The number of aromatic nitrogens is 1. The zero-order chi connectivity index (χ0) is 11.5. The Morgan fingerprint density at radius 1 is 1.44 bits per heavy atom. The Balaban J connectivity index is 2.30. The first-order chi connectivity index (χ1) is 7.70. The molecule has 16 heavy (non-hydrogen) atoms. The minimum atomic E-state index is 0.307. The van der Waals surface area contributed by atoms with Gasteiger partial charge in [0.1, 0.15) is 0 Å². The summed E-state index contributed by atoms with van der Waals surface area (Å²) in [6.45, 7) is 7.31. The third-order valence-electron chi connectivity index (χ3n) is 2.42. The highest BCUT2D eigenvalue weighted by molar-refractivity contribution is 7.11. The van der Waals surface area contributed by atoms with E-state index in [0.717, 1.165) is 11.6 Å². The molecular weight excluding hydrogens is 236 g/mol. The molecule has 0 aromatic carbocycles. The summed E-state index contributed by atoms with van der Waals surface area (Å²) in [6, 6.07) is 2.56. The largest absolute Gasteiger partial charge is 0.306 e. The lowest BCUT2D eigenvalue weighted by molar-refractivity contribution is 0.640. The van der Waals surface area contributed by atoms with Crippen molar-refractivity contribution in [2.24, 2.45) is 0 Å². The third-order valence-corrected chi connectivity index (χ3v) is 4.27. The number of hydrogen-bond donors (Lipinski definition) is 1. The second-order valence-electron chi connectivity index (χ2n) is 3.76. The molecule has 0 aliphatic carbocycles. The maximum absolute atomic E-state index is 4.33. The van der Waals surface area contributed by atoms with Crippen LogP contribution in [0.15, 0.2) is 17.6 Å². The van der Waals surface area contributed by atoms with Crippen LogP contribution in [0.1, 0.15) is 33.3 Å². The van der Waals surface area contributed by atoms with E-state index < -0.39 is 0 Å². The maximum atomic E-state index is 4.33. The highest BCUT2D eigenvalue weighted by Gasteiger charge is 2.16. The van der Waals surface area contributed by atoms with Gasteiger partial charge in [-0.2, -0.15) is 0 Å². The molecule has 1 N–H and O–H groups in total. The SMILES string of the molecule is CCNC(c1csc(C)c1)c1cnc(C)s1. The molecule has 1 atom stereocenters. The van der Waals surface area contributed by atoms with E-state index in [0.29, 0.717) is 6.04 Å². The summed E-state index contributed by atoms with van der Waals surface area (Å²) in [4.78, 5) is 7.00. The molecule has 2 nitrogen and oxygen atoms in total. The van der Waals surface area contributed by atoms with E-state index in [-0.39, 0.29) is 0 Å². The van der Waals surface area contributed by atoms with E-state index in [4.69, 9.17) is 0 Å². The fraction of sp³-hybridized carbons (Fsp3) is 0.417. The van der Waals surface area contributed by atoms with Gasteiger partial charge in [0.05, 0.1) is 11.0 Å². The molecule has 86 valence electrons. The average molecular weight is 252 g/mol. The molecule has 0 fully saturated rings. The van der Waals surface area contributed by atoms with Gasteiger partial charge in [0.15, 0.2) is 0 Å². The molecular formula is C12H16N2S2. The van der Waals surface area contributed by atoms with Crippen molar-refractivity contribution in [3.63, 3.8) is 0 Å². The molecule has 0 saturated heterocycles. The van der Waals surface area contributed by atoms with Gasteiger partial charge >= 0.3 is 0 Å². The molecule has 0 aliphatic heterocycles. The summed E-state index contributed by atoms with van der Waals surface area (Å²) >= 11 is 3.58. The van der Waals surface area contributed by atoms with Crippen molar-refractivity contribution >= 4 is 22.7 Å². The Kier molecular flexibility index (Phi) is 3.74. The van der Waals surface area contributed by atoms with E-state index in [1.165, 1.54) is 15.3 Å². The zero-order valence-corrected chi connectivity index (χ0v) is 11.4. The Labute approximate surface area is 104 Å². The van der Waals surface area contributed by atoms with Crippen LogP contribution in [0.2, 0.25) is 0 Å². The minimum Gasteiger partial charge on any atom is -0.306 e. The lowest BCUT2D eigenvalue weighted by atomic mass is 10.1. The molecule has 0 amide bonds. The lowest BCUT2D eigenvalue weighted by Crippen LogP contribution is -2.20. The van der Waals surface area contributed by atoms with Gasteiger partial charge in [-0.1, -0.05) is 6.92 Å². The first kappa shape index (κ1) is 11.8. The molecule has 2 aromatic heterocycles. The smallest absolute Gasteiger partial charge is 0.0897 e. The van der Waals surface area contributed by atoms with Gasteiger partial charge in [0, 0.05) is 16.0 Å². The molecule has 2 rings (SSSR count). The van der Waals surface area contributed by atoms with Crippen molar-refractivity contribution in [1.82, 2.24) is 10.3 Å². The van der Waals surface area contributed by atoms with E-state index in [1.54, 1.807) is 22.7 Å². The molecule has 0 bridgehead atoms. The van der Waals surface area contributed by atoms with Crippen molar-refractivity contribution < 1.29 is 0 Å². The molecule has 2 heterocycles. The van der Waals surface area contributed by atoms with E-state index in [9.17, 15) is 0 Å². The van der Waals surface area contributed by atoms with Crippen LogP contribution in [0, 0.1) is 13.8 Å². The number of nitrogens with one attached hydrogen (secondary N) is 1. The normalized spacial score (nSPS) is 12.9. The van der Waals surface area contributed by atoms with Crippen LogP contribution in [0.4, 0.5) is 0 Å². The number of rotatable bonds is 4. The van der Waals surface area contributed by atoms with E-state index in [2.05, 4.69) is 42.5 Å². The fourth-order valence-corrected chi connectivity index (χ4v) is 3.33. The average Bonchev–Trinajstić information content (AvgIpc) is 2.84. The van der Waals surface area contributed by atoms with Crippen LogP contribution in [0.5, 0.6) is 0 Å². The van der Waals surface area contributed by atoms with Crippen molar-refractivity contribution in [3.05, 3.63) is 38.0 Å². The van der Waals surface area contributed by atoms with Crippen LogP contribution < -0.4 is 5.32 Å². The summed E-state index contributed by atoms with van der Waals surface area (Å²) in [5.74, 6) is 0. The number of nitrogens with zero attached hydrogens (tertiary/aromatic N) is 1. The summed E-state index contributed by atoms with van der Waals surface area (Å²) < 4.78 is 0. The summed E-state index contributed by atoms with van der Waals surface area (Å²) in [6.07, 6.45) is 1.99. The first-order valence-electron chi connectivity index (χ1n) is 5.41. The van der Waals surface area contributed by atoms with Gasteiger partial charge in [-0.3, -0.25) is 0 Å². The maximum Gasteiger partial charge on any atom is 0.0897 e. The second-order valence-corrected chi connectivity index (χ2v) is 6.14. The van der Waals surface area contributed by atoms with Gasteiger partial charge in [0.2, 0.25) is 0 Å². The molecule has 0 radical (unpaired) electrons. The predicted molar refractivity (Wildman–Crippen MR) is 71.4 cm³/mol. The molecule has 0 aliphatic rings. The van der Waals surface area contributed by atoms with Crippen molar-refractivity contribution in [3.8, 4) is 0 Å². The highest BCUT2D eigenvalue weighted by Crippen LogP contribution is 2.29. The molecule has 2 aromatic rings. The molecule has 0 saturated carbocycles. The van der Waals surface area contributed by atoms with Crippen LogP contribution in [0.25, 0.3) is 0 Å². The second kappa shape index (κ2) is 5.08. The van der Waals surface area contributed by atoms with Gasteiger partial charge in [0.25, 0.3) is 0 Å². The molecule has 0 spiro atoms. The first-order valence-corrected chi connectivity index (χ1v) is 7.11. The predicted octanol–water partition coefficient (Wildman–Crippen LogP) is 3.52. The summed E-state index contributed by atoms with van der Waals surface area (Å²) in [7, 11) is 0. The van der Waals surface area contributed by atoms with E-state index >= 15 is 0 Å². The number of aryl methyl sites for hydroxylation is 2. The minimum absolute atomic E-state index is 0.307. The Hall–Kier alpha value is -0.710. The number of thiophene rings is 1. The quantitative estimate of drug-likeness (QED) is 0.900. The van der Waals surface area contributed by atoms with Crippen LogP contribution >= 0.6 is 22.7 Å². The fourth-order valence-electron chi connectivity index (χ4n) is 1.71. The van der Waals surface area contributed by atoms with E-state index in [1.807, 2.05) is 6.20 Å². The summed E-state index contributed by atoms with van der Waals surface area (Å²) in [5, 5.41) is 6.88. The highest BCUT2D eigenvalue weighted by atomic mass is 32.1. The van der Waals surface area contributed by atoms with Gasteiger partial charge in [-0.05, 0) is 37.4 Å². The topological polar surface area (TPSA) is 24.9 Å². The van der Waals surface area contributed by atoms with Gasteiger partial charge in [-0.25, -0.2) is 4.98 Å². The number of hydrogen-bond acceptors (Lipinski definition) is 4. The summed E-state index contributed by atoms with van der Waals surface area (Å²) in [5.41, 5.74) is 1.35. The Morgan fingerprint density at radius 2 is 2.25 bits per heavy atom. The Bertz CT molecular complexity index is 419. The Morgan fingerprint density at radius 3 is 2.75 bits per heavy atom. The number of thiazole rings is 1.